The number of carboxylic acid groups (broad SMARTS) is 1. The average Bonchev–Trinajstić information content (AvgIpc) is 3.35. The van der Waals surface area contributed by atoms with Crippen molar-refractivity contribution in [3.8, 4) is 22.7 Å². The van der Waals surface area contributed by atoms with Gasteiger partial charge in [-0.2, -0.15) is 5.10 Å². The molecule has 1 aliphatic rings. The van der Waals surface area contributed by atoms with Crippen LogP contribution in [0.5, 0.6) is 5.75 Å². The standard InChI is InChI=1S/C25H21N3O4S2/c1-3-11-32-20-10-9-17(12-16(20)2)23-18(14-28(26-23)19-7-5-4-6-8-19)13-21-24(31)27(15-22(29)30)25(33)34-21/h3-10,12-14H,1,11,15H2,2H3,(H,29,30). The number of carboxylic acids is 1. The molecular weight excluding hydrogens is 470 g/mol. The van der Waals surface area contributed by atoms with Gasteiger partial charge in [-0.3, -0.25) is 14.5 Å². The Labute approximate surface area is 206 Å². The SMILES string of the molecule is C=CCOc1ccc(-c2nn(-c3ccccc3)cc2C=C2SC(=S)N(CC(=O)O)C2=O)cc1C. The number of benzene rings is 2. The minimum absolute atomic E-state index is 0.218. The van der Waals surface area contributed by atoms with Crippen molar-refractivity contribution in [2.75, 3.05) is 13.2 Å². The lowest BCUT2D eigenvalue weighted by Gasteiger charge is -2.10. The summed E-state index contributed by atoms with van der Waals surface area (Å²) in [5.74, 6) is -0.799. The second-order valence-corrected chi connectivity index (χ2v) is 9.13. The molecule has 0 bridgehead atoms. The third-order valence-corrected chi connectivity index (χ3v) is 6.40. The highest BCUT2D eigenvalue weighted by molar-refractivity contribution is 8.26. The number of aromatic nitrogens is 2. The summed E-state index contributed by atoms with van der Waals surface area (Å²) in [4.78, 5) is 25.4. The number of para-hydroxylation sites is 1. The number of ether oxygens (including phenoxy) is 1. The van der Waals surface area contributed by atoms with Crippen LogP contribution in [0.2, 0.25) is 0 Å². The van der Waals surface area contributed by atoms with Crippen LogP contribution in [0.1, 0.15) is 11.1 Å². The number of rotatable bonds is 8. The highest BCUT2D eigenvalue weighted by atomic mass is 32.2. The molecule has 2 aromatic carbocycles. The molecule has 1 aromatic heterocycles. The largest absolute Gasteiger partial charge is 0.489 e. The lowest BCUT2D eigenvalue weighted by atomic mass is 10.0. The summed E-state index contributed by atoms with van der Waals surface area (Å²) in [6.45, 7) is 5.57. The molecule has 1 amide bonds. The van der Waals surface area contributed by atoms with E-state index in [1.807, 2.05) is 61.7 Å². The molecule has 34 heavy (non-hydrogen) atoms. The van der Waals surface area contributed by atoms with Crippen LogP contribution < -0.4 is 4.74 Å². The van der Waals surface area contributed by atoms with E-state index in [4.69, 9.17) is 27.2 Å². The fourth-order valence-electron chi connectivity index (χ4n) is 3.45. The van der Waals surface area contributed by atoms with Crippen LogP contribution in [0, 0.1) is 6.92 Å². The van der Waals surface area contributed by atoms with E-state index in [-0.39, 0.29) is 4.32 Å². The smallest absolute Gasteiger partial charge is 0.323 e. The van der Waals surface area contributed by atoms with Crippen LogP contribution in [-0.2, 0) is 9.59 Å². The first-order valence-electron chi connectivity index (χ1n) is 10.3. The Kier molecular flexibility index (Phi) is 6.95. The van der Waals surface area contributed by atoms with Crippen LogP contribution in [0.4, 0.5) is 0 Å². The molecule has 4 rings (SSSR count). The molecule has 9 heteroatoms. The molecular formula is C25H21N3O4S2. The molecule has 1 aliphatic heterocycles. The zero-order chi connectivity index (χ0) is 24.2. The van der Waals surface area contributed by atoms with Gasteiger partial charge in [0.05, 0.1) is 10.6 Å². The fourth-order valence-corrected chi connectivity index (χ4v) is 4.70. The molecule has 1 saturated heterocycles. The maximum Gasteiger partial charge on any atom is 0.323 e. The molecule has 2 heterocycles. The number of thioether (sulfide) groups is 1. The minimum Gasteiger partial charge on any atom is -0.489 e. The molecule has 1 N–H and O–H groups in total. The number of carbonyl (C=O) groups is 2. The highest BCUT2D eigenvalue weighted by Gasteiger charge is 2.33. The van der Waals surface area contributed by atoms with Gasteiger partial charge in [0.2, 0.25) is 0 Å². The number of thiocarbonyl (C=S) groups is 1. The Balaban J connectivity index is 1.77. The van der Waals surface area contributed by atoms with Crippen molar-refractivity contribution in [1.29, 1.82) is 0 Å². The maximum atomic E-state index is 12.8. The molecule has 0 unspecified atom stereocenters. The number of amides is 1. The summed E-state index contributed by atoms with van der Waals surface area (Å²) >= 11 is 6.31. The first-order chi connectivity index (χ1) is 16.4. The van der Waals surface area contributed by atoms with E-state index in [1.54, 1.807) is 16.8 Å². The Morgan fingerprint density at radius 3 is 2.71 bits per heavy atom. The summed E-state index contributed by atoms with van der Waals surface area (Å²) in [5.41, 5.74) is 4.03. The monoisotopic (exact) mass is 491 g/mol. The van der Waals surface area contributed by atoms with Gasteiger partial charge in [-0.1, -0.05) is 54.8 Å². The zero-order valence-electron chi connectivity index (χ0n) is 18.3. The minimum atomic E-state index is -1.12. The van der Waals surface area contributed by atoms with Gasteiger partial charge in [-0.05, 0) is 48.9 Å². The van der Waals surface area contributed by atoms with Gasteiger partial charge in [-0.25, -0.2) is 4.68 Å². The Bertz CT molecular complexity index is 1310. The predicted octanol–water partition coefficient (Wildman–Crippen LogP) is 4.70. The van der Waals surface area contributed by atoms with Crippen molar-refractivity contribution in [3.05, 3.63) is 83.4 Å². The van der Waals surface area contributed by atoms with Crippen molar-refractivity contribution in [2.24, 2.45) is 0 Å². The van der Waals surface area contributed by atoms with Gasteiger partial charge in [0, 0.05) is 17.3 Å². The fraction of sp³-hybridized carbons (Fsp3) is 0.120. The molecule has 7 nitrogen and oxygen atoms in total. The predicted molar refractivity (Wildman–Crippen MR) is 137 cm³/mol. The number of aryl methyl sites for hydroxylation is 1. The third-order valence-electron chi connectivity index (χ3n) is 5.02. The van der Waals surface area contributed by atoms with Gasteiger partial charge in [-0.15, -0.1) is 0 Å². The number of carbonyl (C=O) groups excluding carboxylic acids is 1. The summed E-state index contributed by atoms with van der Waals surface area (Å²) in [7, 11) is 0. The first-order valence-corrected chi connectivity index (χ1v) is 11.6. The lowest BCUT2D eigenvalue weighted by Crippen LogP contribution is -2.33. The molecule has 0 saturated carbocycles. The maximum absolute atomic E-state index is 12.8. The topological polar surface area (TPSA) is 84.7 Å². The van der Waals surface area contributed by atoms with Crippen molar-refractivity contribution in [1.82, 2.24) is 14.7 Å². The van der Waals surface area contributed by atoms with Crippen molar-refractivity contribution >= 4 is 46.3 Å². The quantitative estimate of drug-likeness (QED) is 0.278. The number of hydrogen-bond acceptors (Lipinski definition) is 6. The van der Waals surface area contributed by atoms with Crippen LogP contribution in [0.3, 0.4) is 0 Å². The molecule has 0 spiro atoms. The van der Waals surface area contributed by atoms with E-state index in [0.717, 1.165) is 39.2 Å². The zero-order valence-corrected chi connectivity index (χ0v) is 19.9. The Morgan fingerprint density at radius 2 is 2.03 bits per heavy atom. The Morgan fingerprint density at radius 1 is 1.26 bits per heavy atom. The van der Waals surface area contributed by atoms with Crippen LogP contribution in [0.25, 0.3) is 23.0 Å². The third kappa shape index (κ3) is 4.95. The molecule has 1 fully saturated rings. The molecule has 3 aromatic rings. The van der Waals surface area contributed by atoms with Gasteiger partial charge in [0.1, 0.15) is 28.9 Å². The van der Waals surface area contributed by atoms with E-state index in [0.29, 0.717) is 22.8 Å². The normalized spacial score (nSPS) is 14.6. The second-order valence-electron chi connectivity index (χ2n) is 7.45. The summed E-state index contributed by atoms with van der Waals surface area (Å²) < 4.78 is 7.65. The summed E-state index contributed by atoms with van der Waals surface area (Å²) in [6, 6.07) is 15.4. The first kappa shape index (κ1) is 23.5. The van der Waals surface area contributed by atoms with Crippen LogP contribution in [-0.4, -0.2) is 49.1 Å². The average molecular weight is 492 g/mol. The lowest BCUT2D eigenvalue weighted by molar-refractivity contribution is -0.140. The number of hydrogen-bond donors (Lipinski definition) is 1. The second kappa shape index (κ2) is 10.1. The van der Waals surface area contributed by atoms with Crippen molar-refractivity contribution < 1.29 is 19.4 Å². The van der Waals surface area contributed by atoms with Gasteiger partial charge in [0.25, 0.3) is 5.91 Å². The van der Waals surface area contributed by atoms with Crippen molar-refractivity contribution in [2.45, 2.75) is 6.92 Å². The van der Waals surface area contributed by atoms with E-state index in [9.17, 15) is 9.59 Å². The van der Waals surface area contributed by atoms with Crippen molar-refractivity contribution in [3.63, 3.8) is 0 Å². The van der Waals surface area contributed by atoms with Gasteiger partial charge < -0.3 is 9.84 Å². The van der Waals surface area contributed by atoms with E-state index >= 15 is 0 Å². The van der Waals surface area contributed by atoms with Gasteiger partial charge >= 0.3 is 5.97 Å². The number of aliphatic carboxylic acids is 1. The Hall–Kier alpha value is -3.69. The van der Waals surface area contributed by atoms with Gasteiger partial charge in [0.15, 0.2) is 0 Å². The van der Waals surface area contributed by atoms with E-state index < -0.39 is 18.4 Å². The van der Waals surface area contributed by atoms with E-state index in [1.165, 1.54) is 0 Å². The highest BCUT2D eigenvalue weighted by Crippen LogP contribution is 2.35. The molecule has 0 atom stereocenters. The molecule has 0 aliphatic carbocycles. The van der Waals surface area contributed by atoms with Crippen LogP contribution in [0.15, 0.2) is 72.3 Å². The summed E-state index contributed by atoms with van der Waals surface area (Å²) in [5, 5.41) is 13.9. The van der Waals surface area contributed by atoms with Crippen LogP contribution >= 0.6 is 24.0 Å². The summed E-state index contributed by atoms with van der Waals surface area (Å²) in [6.07, 6.45) is 5.24. The molecule has 0 radical (unpaired) electrons. The van der Waals surface area contributed by atoms with E-state index in [2.05, 4.69) is 6.58 Å². The number of nitrogens with zero attached hydrogens (tertiary/aromatic N) is 3. The molecule has 172 valence electrons.